The lowest BCUT2D eigenvalue weighted by Gasteiger charge is -1.93. The average Bonchev–Trinajstić information content (AvgIpc) is 2.77. The lowest BCUT2D eigenvalue weighted by Crippen LogP contribution is -1.82. The molecule has 0 aliphatic rings. The van der Waals surface area contributed by atoms with E-state index >= 15 is 0 Å². The minimum Gasteiger partial charge on any atom is -0.399 e. The van der Waals surface area contributed by atoms with Crippen molar-refractivity contribution in [2.75, 3.05) is 5.73 Å². The average molecular weight is 246 g/mol. The Morgan fingerprint density at radius 2 is 1.82 bits per heavy atom. The van der Waals surface area contributed by atoms with Gasteiger partial charge >= 0.3 is 5.00 Å². The minimum absolute atomic E-state index is 0.155. The van der Waals surface area contributed by atoms with Crippen molar-refractivity contribution in [2.45, 2.75) is 0 Å². The molecular weight excluding hydrogens is 236 g/mol. The van der Waals surface area contributed by atoms with Gasteiger partial charge in [-0.2, -0.15) is 0 Å². The Balaban J connectivity index is 2.14. The van der Waals surface area contributed by atoms with E-state index in [-0.39, 0.29) is 9.92 Å². The van der Waals surface area contributed by atoms with Gasteiger partial charge in [0, 0.05) is 16.6 Å². The summed E-state index contributed by atoms with van der Waals surface area (Å²) in [5, 5.41) is 10.7. The fourth-order valence-electron chi connectivity index (χ4n) is 1.32. The van der Waals surface area contributed by atoms with Crippen LogP contribution in [0.2, 0.25) is 0 Å². The van der Waals surface area contributed by atoms with Crippen LogP contribution in [0.5, 0.6) is 0 Å². The predicted molar refractivity (Wildman–Crippen MR) is 70.8 cm³/mol. The van der Waals surface area contributed by atoms with Crippen molar-refractivity contribution in [3.05, 3.63) is 57.0 Å². The molecule has 0 unspecified atom stereocenters. The highest BCUT2D eigenvalue weighted by molar-refractivity contribution is 7.16. The highest BCUT2D eigenvalue weighted by Crippen LogP contribution is 2.25. The molecule has 2 aromatic rings. The third-order valence-corrected chi connectivity index (χ3v) is 3.17. The zero-order valence-corrected chi connectivity index (χ0v) is 9.68. The maximum absolute atomic E-state index is 10.5. The van der Waals surface area contributed by atoms with E-state index in [1.54, 1.807) is 6.07 Å². The molecule has 0 saturated heterocycles. The third-order valence-electron chi connectivity index (χ3n) is 2.17. The zero-order valence-electron chi connectivity index (χ0n) is 8.87. The smallest absolute Gasteiger partial charge is 0.324 e. The second-order valence-electron chi connectivity index (χ2n) is 3.43. The van der Waals surface area contributed by atoms with Crippen molar-refractivity contribution in [3.8, 4) is 0 Å². The van der Waals surface area contributed by atoms with Gasteiger partial charge in [-0.25, -0.2) is 0 Å². The highest BCUT2D eigenvalue weighted by Gasteiger charge is 2.07. The fraction of sp³-hybridized carbons (Fsp3) is 0. The zero-order chi connectivity index (χ0) is 12.3. The normalized spacial score (nSPS) is 10.8. The van der Waals surface area contributed by atoms with Crippen LogP contribution in [0.4, 0.5) is 10.7 Å². The molecule has 0 bridgehead atoms. The number of hydrogen-bond acceptors (Lipinski definition) is 4. The van der Waals surface area contributed by atoms with E-state index in [1.165, 1.54) is 6.07 Å². The molecular formula is C12H10N2O2S. The van der Waals surface area contributed by atoms with Gasteiger partial charge in [-0.05, 0) is 29.8 Å². The number of hydrogen-bond donors (Lipinski definition) is 1. The third kappa shape index (κ3) is 2.92. The van der Waals surface area contributed by atoms with Crippen LogP contribution in [0.1, 0.15) is 10.4 Å². The largest absolute Gasteiger partial charge is 0.399 e. The topological polar surface area (TPSA) is 69.2 Å². The Morgan fingerprint density at radius 3 is 2.41 bits per heavy atom. The molecule has 0 saturated carbocycles. The fourth-order valence-corrected chi connectivity index (χ4v) is 2.04. The molecule has 4 nitrogen and oxygen atoms in total. The Bertz CT molecular complexity index is 558. The molecule has 0 amide bonds. The molecule has 5 heteroatoms. The number of rotatable bonds is 3. The molecule has 2 rings (SSSR count). The van der Waals surface area contributed by atoms with E-state index in [4.69, 9.17) is 5.73 Å². The number of benzene rings is 1. The van der Waals surface area contributed by atoms with Gasteiger partial charge in [-0.1, -0.05) is 29.5 Å². The summed E-state index contributed by atoms with van der Waals surface area (Å²) in [5.41, 5.74) is 7.30. The van der Waals surface area contributed by atoms with E-state index in [0.29, 0.717) is 5.69 Å². The Morgan fingerprint density at radius 1 is 1.12 bits per heavy atom. The molecule has 0 atom stereocenters. The first-order chi connectivity index (χ1) is 8.15. The highest BCUT2D eigenvalue weighted by atomic mass is 32.1. The molecule has 1 aromatic carbocycles. The summed E-state index contributed by atoms with van der Waals surface area (Å²) in [5.74, 6) is 0. The predicted octanol–water partition coefficient (Wildman–Crippen LogP) is 3.41. The van der Waals surface area contributed by atoms with Crippen molar-refractivity contribution in [1.29, 1.82) is 0 Å². The molecule has 0 aliphatic carbocycles. The number of nitrogen functional groups attached to an aromatic ring is 1. The van der Waals surface area contributed by atoms with Crippen molar-refractivity contribution < 1.29 is 4.92 Å². The molecule has 0 fully saturated rings. The van der Waals surface area contributed by atoms with E-state index in [0.717, 1.165) is 21.8 Å². The van der Waals surface area contributed by atoms with Crippen LogP contribution < -0.4 is 5.73 Å². The maximum Gasteiger partial charge on any atom is 0.324 e. The second-order valence-corrected chi connectivity index (χ2v) is 4.53. The van der Waals surface area contributed by atoms with Crippen molar-refractivity contribution in [1.82, 2.24) is 0 Å². The molecule has 0 aliphatic heterocycles. The van der Waals surface area contributed by atoms with Crippen LogP contribution in [-0.2, 0) is 0 Å². The second kappa shape index (κ2) is 4.80. The Labute approximate surface area is 102 Å². The van der Waals surface area contributed by atoms with Crippen LogP contribution in [0.15, 0.2) is 36.4 Å². The van der Waals surface area contributed by atoms with Gasteiger partial charge in [0.05, 0.1) is 4.92 Å². The van der Waals surface area contributed by atoms with Crippen molar-refractivity contribution in [3.63, 3.8) is 0 Å². The lowest BCUT2D eigenvalue weighted by molar-refractivity contribution is -0.380. The molecule has 1 aromatic heterocycles. The Kier molecular flexibility index (Phi) is 3.20. The first-order valence-electron chi connectivity index (χ1n) is 4.93. The monoisotopic (exact) mass is 246 g/mol. The molecule has 0 spiro atoms. The minimum atomic E-state index is -0.384. The summed E-state index contributed by atoms with van der Waals surface area (Å²) >= 11 is 1.15. The van der Waals surface area contributed by atoms with Gasteiger partial charge in [-0.15, -0.1) is 0 Å². The maximum atomic E-state index is 10.5. The van der Waals surface area contributed by atoms with Crippen LogP contribution in [0, 0.1) is 10.1 Å². The molecule has 86 valence electrons. The summed E-state index contributed by atoms with van der Waals surface area (Å²) < 4.78 is 0. The SMILES string of the molecule is Nc1ccc(/C=C/c2ccc([N+](=O)[O-])s2)cc1. The summed E-state index contributed by atoms with van der Waals surface area (Å²) in [7, 11) is 0. The Hall–Kier alpha value is -2.14. The van der Waals surface area contributed by atoms with Gasteiger partial charge in [0.25, 0.3) is 0 Å². The van der Waals surface area contributed by atoms with Gasteiger partial charge in [0.1, 0.15) is 0 Å². The van der Waals surface area contributed by atoms with Crippen LogP contribution in [0.25, 0.3) is 12.2 Å². The van der Waals surface area contributed by atoms with E-state index in [2.05, 4.69) is 0 Å². The van der Waals surface area contributed by atoms with Crippen molar-refractivity contribution >= 4 is 34.2 Å². The van der Waals surface area contributed by atoms with Crippen molar-refractivity contribution in [2.24, 2.45) is 0 Å². The van der Waals surface area contributed by atoms with Gasteiger partial charge in [0.2, 0.25) is 0 Å². The van der Waals surface area contributed by atoms with Gasteiger partial charge < -0.3 is 5.73 Å². The summed E-state index contributed by atoms with van der Waals surface area (Å²) in [6, 6.07) is 10.7. The van der Waals surface area contributed by atoms with Gasteiger partial charge in [0.15, 0.2) is 0 Å². The standard InChI is InChI=1S/C12H10N2O2S/c13-10-4-1-9(2-5-10)3-6-11-7-8-12(17-11)14(15)16/h1-8H,13H2/b6-3+. The molecule has 2 N–H and O–H groups in total. The number of anilines is 1. The lowest BCUT2D eigenvalue weighted by atomic mass is 10.2. The summed E-state index contributed by atoms with van der Waals surface area (Å²) in [4.78, 5) is 11.0. The molecule has 0 radical (unpaired) electrons. The quantitative estimate of drug-likeness (QED) is 0.512. The number of nitrogens with two attached hydrogens (primary N) is 1. The number of nitro groups is 1. The summed E-state index contributed by atoms with van der Waals surface area (Å²) in [6.07, 6.45) is 3.75. The van der Waals surface area contributed by atoms with Crippen LogP contribution in [0.3, 0.4) is 0 Å². The first-order valence-corrected chi connectivity index (χ1v) is 5.74. The number of nitrogens with zero attached hydrogens (tertiary/aromatic N) is 1. The van der Waals surface area contributed by atoms with Crippen LogP contribution in [-0.4, -0.2) is 4.92 Å². The van der Waals surface area contributed by atoms with E-state index < -0.39 is 0 Å². The van der Waals surface area contributed by atoms with E-state index in [1.807, 2.05) is 36.4 Å². The van der Waals surface area contributed by atoms with Crippen LogP contribution >= 0.6 is 11.3 Å². The molecule has 17 heavy (non-hydrogen) atoms. The first kappa shape index (κ1) is 11.3. The summed E-state index contributed by atoms with van der Waals surface area (Å²) in [6.45, 7) is 0. The molecule has 1 heterocycles. The number of thiophene rings is 1. The van der Waals surface area contributed by atoms with Gasteiger partial charge in [-0.3, -0.25) is 10.1 Å². The van der Waals surface area contributed by atoms with E-state index in [9.17, 15) is 10.1 Å².